The van der Waals surface area contributed by atoms with Crippen LogP contribution in [0.3, 0.4) is 0 Å². The zero-order chi connectivity index (χ0) is 12.1. The highest BCUT2D eigenvalue weighted by molar-refractivity contribution is 4.75. The van der Waals surface area contributed by atoms with E-state index in [0.717, 1.165) is 37.4 Å². The van der Waals surface area contributed by atoms with Gasteiger partial charge in [0.1, 0.15) is 0 Å². The maximum atomic E-state index is 5.70. The molecule has 2 heteroatoms. The Morgan fingerprint density at radius 3 is 1.87 bits per heavy atom. The number of hydrogen-bond donors (Lipinski definition) is 2. The van der Waals surface area contributed by atoms with E-state index in [1.165, 1.54) is 0 Å². The molecule has 0 radical (unpaired) electrons. The summed E-state index contributed by atoms with van der Waals surface area (Å²) in [7, 11) is 0. The third kappa shape index (κ3) is 6.16. The molecule has 0 bridgehead atoms. The van der Waals surface area contributed by atoms with E-state index in [2.05, 4.69) is 46.9 Å². The lowest BCUT2D eigenvalue weighted by Gasteiger charge is -2.28. The third-order valence-corrected chi connectivity index (χ3v) is 3.25. The number of rotatable bonds is 7. The van der Waals surface area contributed by atoms with Crippen LogP contribution in [0.15, 0.2) is 0 Å². The van der Waals surface area contributed by atoms with Crippen molar-refractivity contribution in [2.24, 2.45) is 28.9 Å². The van der Waals surface area contributed by atoms with Gasteiger partial charge in [0, 0.05) is 6.54 Å². The van der Waals surface area contributed by atoms with Gasteiger partial charge in [-0.1, -0.05) is 41.5 Å². The average molecular weight is 214 g/mol. The van der Waals surface area contributed by atoms with Crippen LogP contribution >= 0.6 is 0 Å². The number of nitrogens with one attached hydrogen (secondary N) is 1. The second kappa shape index (κ2) is 6.49. The van der Waals surface area contributed by atoms with Crippen molar-refractivity contribution in [2.45, 2.75) is 41.5 Å². The maximum Gasteiger partial charge on any atom is 0.00147 e. The van der Waals surface area contributed by atoms with Crippen LogP contribution in [0, 0.1) is 23.2 Å². The van der Waals surface area contributed by atoms with Crippen molar-refractivity contribution in [3.05, 3.63) is 0 Å². The quantitative estimate of drug-likeness (QED) is 0.683. The van der Waals surface area contributed by atoms with E-state index >= 15 is 0 Å². The van der Waals surface area contributed by atoms with Crippen molar-refractivity contribution in [1.29, 1.82) is 0 Å². The average Bonchev–Trinajstić information content (AvgIpc) is 2.11. The molecule has 0 amide bonds. The molecular weight excluding hydrogens is 184 g/mol. The van der Waals surface area contributed by atoms with Gasteiger partial charge in [-0.05, 0) is 36.3 Å². The van der Waals surface area contributed by atoms with Crippen LogP contribution in [0.5, 0.6) is 0 Å². The first kappa shape index (κ1) is 14.9. The minimum atomic E-state index is 0.221. The lowest BCUT2D eigenvalue weighted by Crippen LogP contribution is -2.39. The van der Waals surface area contributed by atoms with Crippen LogP contribution in [0.25, 0.3) is 0 Å². The van der Waals surface area contributed by atoms with E-state index in [4.69, 9.17) is 5.73 Å². The standard InChI is InChI=1S/C13H30N2/c1-10(2)12(11(3)4)7-15-9-13(5,6)8-14/h10-12,15H,7-9,14H2,1-6H3. The lowest BCUT2D eigenvalue weighted by atomic mass is 9.85. The molecule has 15 heavy (non-hydrogen) atoms. The predicted octanol–water partition coefficient (Wildman–Crippen LogP) is 2.49. The summed E-state index contributed by atoms with van der Waals surface area (Å²) in [5.41, 5.74) is 5.92. The van der Waals surface area contributed by atoms with Crippen LogP contribution in [-0.4, -0.2) is 19.6 Å². The van der Waals surface area contributed by atoms with Crippen molar-refractivity contribution >= 4 is 0 Å². The van der Waals surface area contributed by atoms with Gasteiger partial charge < -0.3 is 11.1 Å². The molecule has 0 spiro atoms. The van der Waals surface area contributed by atoms with Crippen molar-refractivity contribution in [3.8, 4) is 0 Å². The summed E-state index contributed by atoms with van der Waals surface area (Å²) in [5, 5.41) is 3.56. The summed E-state index contributed by atoms with van der Waals surface area (Å²) < 4.78 is 0. The first-order valence-corrected chi connectivity index (χ1v) is 6.21. The molecule has 2 nitrogen and oxygen atoms in total. The van der Waals surface area contributed by atoms with E-state index in [1.54, 1.807) is 0 Å². The maximum absolute atomic E-state index is 5.70. The van der Waals surface area contributed by atoms with Gasteiger partial charge in [-0.15, -0.1) is 0 Å². The molecule has 0 aromatic heterocycles. The topological polar surface area (TPSA) is 38.0 Å². The van der Waals surface area contributed by atoms with E-state index in [0.29, 0.717) is 0 Å². The molecule has 0 atom stereocenters. The summed E-state index contributed by atoms with van der Waals surface area (Å²) in [6, 6.07) is 0. The Kier molecular flexibility index (Phi) is 6.46. The zero-order valence-electron chi connectivity index (χ0n) is 11.4. The number of hydrogen-bond acceptors (Lipinski definition) is 2. The fraction of sp³-hybridized carbons (Fsp3) is 1.00. The lowest BCUT2D eigenvalue weighted by molar-refractivity contribution is 0.256. The molecule has 0 heterocycles. The van der Waals surface area contributed by atoms with Crippen molar-refractivity contribution in [3.63, 3.8) is 0 Å². The Hall–Kier alpha value is -0.0800. The third-order valence-electron chi connectivity index (χ3n) is 3.25. The van der Waals surface area contributed by atoms with Crippen LogP contribution in [0.4, 0.5) is 0 Å². The Morgan fingerprint density at radius 1 is 1.07 bits per heavy atom. The summed E-state index contributed by atoms with van der Waals surface area (Å²) in [6.07, 6.45) is 0. The van der Waals surface area contributed by atoms with Crippen molar-refractivity contribution in [1.82, 2.24) is 5.32 Å². The fourth-order valence-electron chi connectivity index (χ4n) is 1.89. The van der Waals surface area contributed by atoms with Gasteiger partial charge in [0.05, 0.1) is 0 Å². The summed E-state index contributed by atoms with van der Waals surface area (Å²) in [5.74, 6) is 2.26. The summed E-state index contributed by atoms with van der Waals surface area (Å²) in [6.45, 7) is 16.5. The normalized spacial score (nSPS) is 13.2. The minimum absolute atomic E-state index is 0.221. The highest BCUT2D eigenvalue weighted by Gasteiger charge is 2.19. The zero-order valence-corrected chi connectivity index (χ0v) is 11.4. The van der Waals surface area contributed by atoms with Crippen LogP contribution in [0.2, 0.25) is 0 Å². The molecule has 3 N–H and O–H groups in total. The minimum Gasteiger partial charge on any atom is -0.330 e. The molecule has 0 aromatic carbocycles. The van der Waals surface area contributed by atoms with Crippen LogP contribution in [-0.2, 0) is 0 Å². The van der Waals surface area contributed by atoms with E-state index in [9.17, 15) is 0 Å². The molecule has 0 fully saturated rings. The molecular formula is C13H30N2. The second-order valence-electron chi connectivity index (χ2n) is 6.15. The van der Waals surface area contributed by atoms with E-state index < -0.39 is 0 Å². The van der Waals surface area contributed by atoms with E-state index in [1.807, 2.05) is 0 Å². The molecule has 0 saturated carbocycles. The predicted molar refractivity (Wildman–Crippen MR) is 68.9 cm³/mol. The summed E-state index contributed by atoms with van der Waals surface area (Å²) in [4.78, 5) is 0. The second-order valence-corrected chi connectivity index (χ2v) is 6.15. The van der Waals surface area contributed by atoms with Crippen molar-refractivity contribution in [2.75, 3.05) is 19.6 Å². The smallest absolute Gasteiger partial charge is 0.00147 e. The monoisotopic (exact) mass is 214 g/mol. The van der Waals surface area contributed by atoms with Gasteiger partial charge in [-0.2, -0.15) is 0 Å². The molecule has 0 aliphatic rings. The first-order valence-electron chi connectivity index (χ1n) is 6.21. The Morgan fingerprint density at radius 2 is 1.53 bits per heavy atom. The SMILES string of the molecule is CC(C)C(CNCC(C)(C)CN)C(C)C. The van der Waals surface area contributed by atoms with Gasteiger partial charge in [0.2, 0.25) is 0 Å². The van der Waals surface area contributed by atoms with Gasteiger partial charge in [-0.25, -0.2) is 0 Å². The fourth-order valence-corrected chi connectivity index (χ4v) is 1.89. The Balaban J connectivity index is 3.92. The van der Waals surface area contributed by atoms with Crippen molar-refractivity contribution < 1.29 is 0 Å². The van der Waals surface area contributed by atoms with Gasteiger partial charge in [-0.3, -0.25) is 0 Å². The molecule has 0 unspecified atom stereocenters. The molecule has 0 rings (SSSR count). The molecule has 0 saturated heterocycles. The van der Waals surface area contributed by atoms with Crippen LogP contribution in [0.1, 0.15) is 41.5 Å². The van der Waals surface area contributed by atoms with Gasteiger partial charge in [0.15, 0.2) is 0 Å². The Bertz CT molecular complexity index is 154. The largest absolute Gasteiger partial charge is 0.330 e. The van der Waals surface area contributed by atoms with Gasteiger partial charge >= 0.3 is 0 Å². The molecule has 0 aliphatic carbocycles. The molecule has 0 aliphatic heterocycles. The number of nitrogens with two attached hydrogens (primary N) is 1. The summed E-state index contributed by atoms with van der Waals surface area (Å²) >= 11 is 0. The van der Waals surface area contributed by atoms with Gasteiger partial charge in [0.25, 0.3) is 0 Å². The highest BCUT2D eigenvalue weighted by atomic mass is 14.9. The Labute approximate surface area is 96.0 Å². The first-order chi connectivity index (χ1) is 6.80. The van der Waals surface area contributed by atoms with Crippen LogP contribution < -0.4 is 11.1 Å². The molecule has 92 valence electrons. The highest BCUT2D eigenvalue weighted by Crippen LogP contribution is 2.20. The van der Waals surface area contributed by atoms with E-state index in [-0.39, 0.29) is 5.41 Å². The molecule has 0 aromatic rings.